The fourth-order valence-corrected chi connectivity index (χ4v) is 6.76. The molecule has 0 bridgehead atoms. The maximum Gasteiger partial charge on any atom is 0.407 e. The topological polar surface area (TPSA) is 184 Å². The number of amides is 4. The number of carbonyl (C=O) groups is 4. The van der Waals surface area contributed by atoms with E-state index in [1.54, 1.807) is 61.0 Å². The summed E-state index contributed by atoms with van der Waals surface area (Å²) in [5.41, 5.74) is 6.50. The van der Waals surface area contributed by atoms with Crippen molar-refractivity contribution in [2.45, 2.75) is 90.0 Å². The van der Waals surface area contributed by atoms with Crippen molar-refractivity contribution in [1.82, 2.24) is 30.4 Å². The molecule has 15 heteroatoms. The van der Waals surface area contributed by atoms with Crippen LogP contribution in [-0.4, -0.2) is 101 Å². The molecule has 2 aliphatic heterocycles. The number of aromatic amines is 1. The molecule has 1 aromatic carbocycles. The lowest BCUT2D eigenvalue weighted by Crippen LogP contribution is -2.55. The number of aliphatic imine (C=N–C) groups is 1. The highest BCUT2D eigenvalue weighted by Gasteiger charge is 2.39. The predicted octanol–water partition coefficient (Wildman–Crippen LogP) is 3.90. The number of methoxy groups -OCH3 is 2. The number of hydrogen-bond donors (Lipinski definition) is 4. The molecule has 288 valence electrons. The van der Waals surface area contributed by atoms with Gasteiger partial charge in [-0.3, -0.25) is 9.59 Å². The number of halogens is 1. The molecule has 54 heavy (non-hydrogen) atoms. The lowest BCUT2D eigenvalue weighted by atomic mass is 9.86. The Kier molecular flexibility index (Phi) is 13.9. The summed E-state index contributed by atoms with van der Waals surface area (Å²) in [7, 11) is 2.47. The van der Waals surface area contributed by atoms with Gasteiger partial charge in [0.15, 0.2) is 0 Å². The number of carbonyl (C=O) groups excluding carboxylic acids is 4. The number of nitrogens with zero attached hydrogens (tertiary/aromatic N) is 4. The molecular weight excluding hydrogens is 695 g/mol. The fourth-order valence-electron chi connectivity index (χ4n) is 6.76. The molecule has 2 saturated heterocycles. The normalized spacial score (nSPS) is 19.4. The van der Waals surface area contributed by atoms with Crippen LogP contribution in [0.1, 0.15) is 83.4 Å². The molecule has 14 nitrogen and oxygen atoms in total. The van der Waals surface area contributed by atoms with Crippen LogP contribution in [0.5, 0.6) is 0 Å². The van der Waals surface area contributed by atoms with Crippen LogP contribution in [-0.2, 0) is 19.1 Å². The first-order chi connectivity index (χ1) is 25.7. The van der Waals surface area contributed by atoms with Gasteiger partial charge in [-0.1, -0.05) is 44.0 Å². The van der Waals surface area contributed by atoms with Crippen molar-refractivity contribution in [1.29, 1.82) is 0 Å². The summed E-state index contributed by atoms with van der Waals surface area (Å²) in [5, 5.41) is 5.14. The third-order valence-corrected chi connectivity index (χ3v) is 9.50. The molecule has 0 spiro atoms. The number of aromatic nitrogens is 2. The zero-order chi connectivity index (χ0) is 39.6. The zero-order valence-corrected chi connectivity index (χ0v) is 31.8. The quantitative estimate of drug-likeness (QED) is 0.160. The molecule has 1 aromatic heterocycles. The van der Waals surface area contributed by atoms with Crippen LogP contribution < -0.4 is 16.4 Å². The van der Waals surface area contributed by atoms with Crippen LogP contribution in [0.15, 0.2) is 41.5 Å². The van der Waals surface area contributed by atoms with E-state index >= 15 is 4.39 Å². The van der Waals surface area contributed by atoms with Gasteiger partial charge in [0.2, 0.25) is 11.8 Å². The van der Waals surface area contributed by atoms with Crippen molar-refractivity contribution in [2.24, 2.45) is 16.6 Å². The van der Waals surface area contributed by atoms with Crippen molar-refractivity contribution in [3.63, 3.8) is 0 Å². The number of rotatable bonds is 10. The minimum absolute atomic E-state index is 0.131. The van der Waals surface area contributed by atoms with Gasteiger partial charge >= 0.3 is 12.2 Å². The Morgan fingerprint density at radius 3 is 2.37 bits per heavy atom. The minimum Gasteiger partial charge on any atom is -0.453 e. The molecule has 5 N–H and O–H groups in total. The van der Waals surface area contributed by atoms with E-state index in [4.69, 9.17) is 15.5 Å². The van der Waals surface area contributed by atoms with Crippen LogP contribution in [0, 0.1) is 35.4 Å². The minimum atomic E-state index is -1.40. The Morgan fingerprint density at radius 2 is 1.70 bits per heavy atom. The average Bonchev–Trinajstić information content (AvgIpc) is 3.94. The Balaban J connectivity index is 1.64. The van der Waals surface area contributed by atoms with Crippen molar-refractivity contribution in [3.05, 3.63) is 59.4 Å². The van der Waals surface area contributed by atoms with Crippen molar-refractivity contribution in [2.75, 3.05) is 27.3 Å². The lowest BCUT2D eigenvalue weighted by molar-refractivity contribution is -0.134. The molecule has 5 atom stereocenters. The van der Waals surface area contributed by atoms with Gasteiger partial charge in [0.05, 0.1) is 32.5 Å². The van der Waals surface area contributed by atoms with Crippen LogP contribution in [0.3, 0.4) is 0 Å². The molecule has 0 aliphatic carbocycles. The van der Waals surface area contributed by atoms with Crippen molar-refractivity contribution in [3.8, 4) is 23.7 Å². The number of amidine groups is 1. The van der Waals surface area contributed by atoms with Crippen molar-refractivity contribution >= 4 is 35.4 Å². The van der Waals surface area contributed by atoms with Crippen LogP contribution in [0.25, 0.3) is 5.57 Å². The van der Waals surface area contributed by atoms with E-state index in [2.05, 4.69) is 49.0 Å². The number of alkyl carbamates (subject to hydrolysis) is 2. The fraction of sp³-hybridized carbons (Fsp3) is 0.487. The summed E-state index contributed by atoms with van der Waals surface area (Å²) in [5.74, 6) is 11.2. The highest BCUT2D eigenvalue weighted by atomic mass is 19.1. The van der Waals surface area contributed by atoms with E-state index in [1.165, 1.54) is 20.3 Å². The van der Waals surface area contributed by atoms with Gasteiger partial charge in [-0.15, -0.1) is 0 Å². The predicted molar refractivity (Wildman–Crippen MR) is 201 cm³/mol. The molecule has 3 heterocycles. The average molecular weight is 745 g/mol. The number of imidazole rings is 1. The first-order valence-corrected chi connectivity index (χ1v) is 17.9. The highest BCUT2D eigenvalue weighted by molar-refractivity contribution is 5.95. The Labute approximate surface area is 315 Å². The number of benzene rings is 1. The Bertz CT molecular complexity index is 1900. The number of H-pyrrole nitrogens is 1. The maximum atomic E-state index is 15.2. The third-order valence-electron chi connectivity index (χ3n) is 9.50. The number of likely N-dealkylation sites (tertiary alicyclic amines) is 2. The molecule has 4 amide bonds. The lowest BCUT2D eigenvalue weighted by Gasteiger charge is -2.32. The Morgan fingerprint density at radius 1 is 1.04 bits per heavy atom. The van der Waals surface area contributed by atoms with Gasteiger partial charge in [-0.25, -0.2) is 24.0 Å². The van der Waals surface area contributed by atoms with E-state index < -0.39 is 41.7 Å². The molecule has 2 aromatic rings. The van der Waals surface area contributed by atoms with E-state index in [0.717, 1.165) is 6.42 Å². The molecular formula is C39H49FN8O6. The largest absolute Gasteiger partial charge is 0.453 e. The second-order valence-electron chi connectivity index (χ2n) is 13.6. The van der Waals surface area contributed by atoms with Gasteiger partial charge < -0.3 is 40.6 Å². The highest BCUT2D eigenvalue weighted by Crippen LogP contribution is 2.34. The summed E-state index contributed by atoms with van der Waals surface area (Å²) >= 11 is 0. The second-order valence-corrected chi connectivity index (χ2v) is 13.6. The first kappa shape index (κ1) is 40.9. The monoisotopic (exact) mass is 744 g/mol. The first-order valence-electron chi connectivity index (χ1n) is 17.9. The molecule has 0 radical (unpaired) electrons. The van der Waals surface area contributed by atoms with E-state index in [1.807, 2.05) is 13.8 Å². The number of hydrogen-bond acceptors (Lipinski definition) is 8. The van der Waals surface area contributed by atoms with E-state index in [-0.39, 0.29) is 35.2 Å². The number of nitrogens with two attached hydrogens (primary N) is 1. The molecule has 2 fully saturated rings. The molecule has 0 saturated carbocycles. The summed E-state index contributed by atoms with van der Waals surface area (Å²) in [6.45, 7) is 9.63. The van der Waals surface area contributed by atoms with Gasteiger partial charge in [-0.05, 0) is 81.8 Å². The molecule has 2 aliphatic rings. The van der Waals surface area contributed by atoms with Crippen LogP contribution in [0.4, 0.5) is 14.0 Å². The number of allylic oxidation sites excluding steroid dienone is 1. The van der Waals surface area contributed by atoms with Gasteiger partial charge in [-0.2, -0.15) is 0 Å². The van der Waals surface area contributed by atoms with Crippen LogP contribution >= 0.6 is 0 Å². The van der Waals surface area contributed by atoms with Crippen LogP contribution in [0.2, 0.25) is 0 Å². The number of nitrogens with one attached hydrogen (secondary N) is 3. The SMILES string of the molecule is C/C=C(/c1ccccc1F)C(C)(C#CC#Cc1cnc([C@@H]2CCCN2C(=O)[C@@H](C)NC(=O)OC)[nH]1)N=C(N)[C@@H]1CCCN1C(=O)[C@@H](NC(=O)OC)C(C)C. The smallest absolute Gasteiger partial charge is 0.407 e. The van der Waals surface area contributed by atoms with E-state index in [9.17, 15) is 19.2 Å². The van der Waals surface area contributed by atoms with E-state index in [0.29, 0.717) is 49.4 Å². The van der Waals surface area contributed by atoms with Gasteiger partial charge in [0, 0.05) is 18.7 Å². The summed E-state index contributed by atoms with van der Waals surface area (Å²) < 4.78 is 24.6. The second kappa shape index (κ2) is 18.3. The summed E-state index contributed by atoms with van der Waals surface area (Å²) in [6.07, 6.45) is 4.51. The maximum absolute atomic E-state index is 15.2. The molecule has 4 rings (SSSR count). The van der Waals surface area contributed by atoms with Crippen molar-refractivity contribution < 1.29 is 33.0 Å². The van der Waals surface area contributed by atoms with Gasteiger partial charge in [0.1, 0.15) is 40.8 Å². The third kappa shape index (κ3) is 9.58. The summed E-state index contributed by atoms with van der Waals surface area (Å²) in [6, 6.07) is 3.75. The number of ether oxygens (including phenoxy) is 2. The molecule has 1 unspecified atom stereocenters. The standard InChI is InChI=1S/C39H49FN8O6/c1-8-28(27-16-9-10-17-29(27)40)39(5,46-33(41)30-18-13-21-47(30)36(50)32(24(2)3)45-38(52)54-7)20-12-11-15-26-23-42-34(44-26)31-19-14-22-48(31)35(49)25(4)43-37(51)53-6/h8-10,16-17,23-25,30-32H,13-14,18-19,21-22H2,1-7H3,(H2,41,46)(H,42,44)(H,43,51)(H,45,52)/b28-8-/t25-,30+,31+,32+,39?/m1/s1. The zero-order valence-electron chi connectivity index (χ0n) is 31.8. The Hall–Kier alpha value is -5.83. The summed E-state index contributed by atoms with van der Waals surface area (Å²) in [4.78, 5) is 66.3. The van der Waals surface area contributed by atoms with Gasteiger partial charge in [0.25, 0.3) is 0 Å².